The first-order chi connectivity index (χ1) is 9.39. The molecule has 0 amide bonds. The average Bonchev–Trinajstić information content (AvgIpc) is 2.41. The molecule has 1 unspecified atom stereocenters. The van der Waals surface area contributed by atoms with Crippen LogP contribution in [0.4, 0.5) is 0 Å². The van der Waals surface area contributed by atoms with Crippen LogP contribution in [-0.2, 0) is 10.2 Å². The lowest BCUT2D eigenvalue weighted by Gasteiger charge is -2.32. The summed E-state index contributed by atoms with van der Waals surface area (Å²) >= 11 is 3.25. The molecule has 0 bridgehead atoms. The monoisotopic (exact) mass is 364 g/mol. The van der Waals surface area contributed by atoms with Crippen molar-refractivity contribution in [3.63, 3.8) is 0 Å². The number of halogens is 1. The molecule has 0 N–H and O–H groups in total. The van der Waals surface area contributed by atoms with Gasteiger partial charge in [-0.1, -0.05) is 0 Å². The molecule has 1 atom stereocenters. The van der Waals surface area contributed by atoms with E-state index < -0.39 is 10.2 Å². The van der Waals surface area contributed by atoms with E-state index in [9.17, 15) is 8.42 Å². The Bertz CT molecular complexity index is 549. The highest BCUT2D eigenvalue weighted by Gasteiger charge is 2.31. The molecule has 0 aliphatic carbocycles. The maximum Gasteiger partial charge on any atom is 0.316 e. The van der Waals surface area contributed by atoms with Crippen molar-refractivity contribution in [1.29, 1.82) is 0 Å². The molecule has 2 heterocycles. The van der Waals surface area contributed by atoms with Gasteiger partial charge in [0.2, 0.25) is 0 Å². The highest BCUT2D eigenvalue weighted by molar-refractivity contribution is 9.10. The Morgan fingerprint density at radius 3 is 2.65 bits per heavy atom. The van der Waals surface area contributed by atoms with Crippen LogP contribution >= 0.6 is 15.9 Å². The Kier molecular flexibility index (Phi) is 4.95. The molecule has 1 aromatic heterocycles. The molecule has 20 heavy (non-hydrogen) atoms. The molecule has 112 valence electrons. The first kappa shape index (κ1) is 15.6. The second-order valence-corrected chi connectivity index (χ2v) is 7.77. The highest BCUT2D eigenvalue weighted by atomic mass is 79.9. The number of rotatable bonds is 4. The number of aromatic nitrogens is 2. The van der Waals surface area contributed by atoms with E-state index in [1.54, 1.807) is 12.4 Å². The van der Waals surface area contributed by atoms with E-state index in [0.717, 1.165) is 17.3 Å². The Balaban J connectivity index is 2.02. The van der Waals surface area contributed by atoms with Crippen molar-refractivity contribution in [3.05, 3.63) is 16.9 Å². The van der Waals surface area contributed by atoms with Crippen LogP contribution in [0.2, 0.25) is 0 Å². The lowest BCUT2D eigenvalue weighted by molar-refractivity contribution is 0.116. The summed E-state index contributed by atoms with van der Waals surface area (Å²) in [6.45, 7) is 0.835. The standard InChI is InChI=1S/C11H17BrN4O3S/c1-15(2)20(17,18)16-5-3-4-10(8-16)19-11-13-6-9(12)7-14-11/h6-7,10H,3-5,8H2,1-2H3. The van der Waals surface area contributed by atoms with Crippen molar-refractivity contribution < 1.29 is 13.2 Å². The van der Waals surface area contributed by atoms with Crippen molar-refractivity contribution in [2.24, 2.45) is 0 Å². The average molecular weight is 365 g/mol. The van der Waals surface area contributed by atoms with Crippen molar-refractivity contribution in [1.82, 2.24) is 18.6 Å². The van der Waals surface area contributed by atoms with Gasteiger partial charge in [0.05, 0.1) is 11.0 Å². The van der Waals surface area contributed by atoms with E-state index in [1.807, 2.05) is 0 Å². The summed E-state index contributed by atoms with van der Waals surface area (Å²) in [5.74, 6) is 0. The zero-order valence-corrected chi connectivity index (χ0v) is 13.8. The van der Waals surface area contributed by atoms with Crippen LogP contribution in [0.5, 0.6) is 6.01 Å². The van der Waals surface area contributed by atoms with Gasteiger partial charge in [-0.3, -0.25) is 0 Å². The van der Waals surface area contributed by atoms with Crippen LogP contribution < -0.4 is 4.74 Å². The molecule has 1 saturated heterocycles. The molecule has 0 spiro atoms. The van der Waals surface area contributed by atoms with Crippen LogP contribution in [-0.4, -0.2) is 60.3 Å². The minimum Gasteiger partial charge on any atom is -0.459 e. The lowest BCUT2D eigenvalue weighted by Crippen LogP contribution is -2.48. The zero-order chi connectivity index (χ0) is 14.8. The first-order valence-electron chi connectivity index (χ1n) is 6.21. The summed E-state index contributed by atoms with van der Waals surface area (Å²) in [5.41, 5.74) is 0. The fourth-order valence-electron chi connectivity index (χ4n) is 1.95. The summed E-state index contributed by atoms with van der Waals surface area (Å²) in [4.78, 5) is 8.07. The summed E-state index contributed by atoms with van der Waals surface area (Å²) < 4.78 is 33.2. The van der Waals surface area contributed by atoms with E-state index in [-0.39, 0.29) is 12.1 Å². The van der Waals surface area contributed by atoms with Gasteiger partial charge in [0, 0.05) is 33.0 Å². The molecule has 0 radical (unpaired) electrons. The van der Waals surface area contributed by atoms with E-state index in [1.165, 1.54) is 22.7 Å². The SMILES string of the molecule is CN(C)S(=O)(=O)N1CCCC(Oc2ncc(Br)cn2)C1. The van der Waals surface area contributed by atoms with Gasteiger partial charge in [-0.2, -0.15) is 17.0 Å². The van der Waals surface area contributed by atoms with Gasteiger partial charge in [0.1, 0.15) is 6.10 Å². The molecule has 1 fully saturated rings. The molecular formula is C11H17BrN4O3S. The van der Waals surface area contributed by atoms with Gasteiger partial charge < -0.3 is 4.74 Å². The van der Waals surface area contributed by atoms with Crippen molar-refractivity contribution >= 4 is 26.1 Å². The largest absolute Gasteiger partial charge is 0.459 e. The quantitative estimate of drug-likeness (QED) is 0.792. The van der Waals surface area contributed by atoms with E-state index >= 15 is 0 Å². The second kappa shape index (κ2) is 6.33. The van der Waals surface area contributed by atoms with Crippen LogP contribution in [0.1, 0.15) is 12.8 Å². The van der Waals surface area contributed by atoms with Crippen LogP contribution in [0.3, 0.4) is 0 Å². The van der Waals surface area contributed by atoms with Crippen molar-refractivity contribution in [3.8, 4) is 6.01 Å². The van der Waals surface area contributed by atoms with E-state index in [0.29, 0.717) is 13.1 Å². The van der Waals surface area contributed by atoms with Gasteiger partial charge >= 0.3 is 6.01 Å². The Morgan fingerprint density at radius 1 is 1.40 bits per heavy atom. The number of piperidine rings is 1. The molecule has 1 aliphatic rings. The van der Waals surface area contributed by atoms with Gasteiger partial charge in [-0.25, -0.2) is 9.97 Å². The van der Waals surface area contributed by atoms with E-state index in [4.69, 9.17) is 4.74 Å². The van der Waals surface area contributed by atoms with Crippen molar-refractivity contribution in [2.45, 2.75) is 18.9 Å². The Hall–Kier alpha value is -0.770. The third-order valence-corrected chi connectivity index (χ3v) is 5.31. The summed E-state index contributed by atoms with van der Waals surface area (Å²) in [6.07, 6.45) is 4.52. The predicted octanol–water partition coefficient (Wildman–Crippen LogP) is 0.889. The smallest absolute Gasteiger partial charge is 0.316 e. The fourth-order valence-corrected chi connectivity index (χ4v) is 3.33. The maximum atomic E-state index is 12.1. The van der Waals surface area contributed by atoms with Crippen LogP contribution in [0.15, 0.2) is 16.9 Å². The molecule has 9 heteroatoms. The predicted molar refractivity (Wildman–Crippen MR) is 77.6 cm³/mol. The van der Waals surface area contributed by atoms with Crippen LogP contribution in [0.25, 0.3) is 0 Å². The summed E-state index contributed by atoms with van der Waals surface area (Å²) in [6, 6.07) is 0.266. The lowest BCUT2D eigenvalue weighted by atomic mass is 10.1. The third-order valence-electron chi connectivity index (χ3n) is 3.00. The van der Waals surface area contributed by atoms with E-state index in [2.05, 4.69) is 25.9 Å². The maximum absolute atomic E-state index is 12.1. The second-order valence-electron chi connectivity index (χ2n) is 4.71. The third kappa shape index (κ3) is 3.66. The number of ether oxygens (including phenoxy) is 1. The summed E-state index contributed by atoms with van der Waals surface area (Å²) in [5, 5.41) is 0. The Labute approximate surface area is 127 Å². The van der Waals surface area contributed by atoms with Gasteiger partial charge in [0.25, 0.3) is 10.2 Å². The first-order valence-corrected chi connectivity index (χ1v) is 8.40. The van der Waals surface area contributed by atoms with Gasteiger partial charge in [-0.05, 0) is 28.8 Å². The molecule has 7 nitrogen and oxygen atoms in total. The van der Waals surface area contributed by atoms with Crippen LogP contribution in [0, 0.1) is 0 Å². The molecule has 1 aliphatic heterocycles. The number of nitrogens with zero attached hydrogens (tertiary/aromatic N) is 4. The minimum absolute atomic E-state index is 0.223. The molecule has 0 saturated carbocycles. The number of hydrogen-bond donors (Lipinski definition) is 0. The molecule has 2 rings (SSSR count). The zero-order valence-electron chi connectivity index (χ0n) is 11.4. The normalized spacial score (nSPS) is 21.1. The minimum atomic E-state index is -3.39. The molecular weight excluding hydrogens is 348 g/mol. The molecule has 1 aromatic rings. The van der Waals surface area contributed by atoms with Crippen molar-refractivity contribution in [2.75, 3.05) is 27.2 Å². The number of hydrogen-bond acceptors (Lipinski definition) is 5. The topological polar surface area (TPSA) is 75.6 Å². The van der Waals surface area contributed by atoms with Gasteiger partial charge in [0.15, 0.2) is 0 Å². The summed E-state index contributed by atoms with van der Waals surface area (Å²) in [7, 11) is -0.343. The molecule has 0 aromatic carbocycles. The highest BCUT2D eigenvalue weighted by Crippen LogP contribution is 2.19. The van der Waals surface area contributed by atoms with Gasteiger partial charge in [-0.15, -0.1) is 0 Å². The fraction of sp³-hybridized carbons (Fsp3) is 0.636. The Morgan fingerprint density at radius 2 is 2.05 bits per heavy atom.